The molecule has 0 aliphatic carbocycles. The molecule has 0 radical (unpaired) electrons. The molecule has 33 heavy (non-hydrogen) atoms. The first-order valence-electron chi connectivity index (χ1n) is 11.2. The molecule has 5 nitrogen and oxygen atoms in total. The van der Waals surface area contributed by atoms with E-state index >= 15 is 0 Å². The van der Waals surface area contributed by atoms with Crippen molar-refractivity contribution in [3.8, 4) is 22.3 Å². The largest absolute Gasteiger partial charge is 0.383 e. The first-order valence-corrected chi connectivity index (χ1v) is 11.2. The number of amides is 1. The number of benzene rings is 2. The van der Waals surface area contributed by atoms with Crippen LogP contribution in [-0.2, 0) is 11.2 Å². The van der Waals surface area contributed by atoms with Gasteiger partial charge in [-0.2, -0.15) is 4.39 Å². The van der Waals surface area contributed by atoms with Gasteiger partial charge in [-0.3, -0.25) is 9.69 Å². The third-order valence-corrected chi connectivity index (χ3v) is 6.29. The van der Waals surface area contributed by atoms with Crippen LogP contribution in [0.2, 0.25) is 0 Å². The lowest BCUT2D eigenvalue weighted by Gasteiger charge is -2.14. The number of nitrogen functional groups attached to an aromatic ring is 1. The third-order valence-electron chi connectivity index (χ3n) is 6.29. The second-order valence-electron chi connectivity index (χ2n) is 8.36. The maximum atomic E-state index is 14.8. The van der Waals surface area contributed by atoms with E-state index in [0.717, 1.165) is 47.5 Å². The van der Waals surface area contributed by atoms with Crippen LogP contribution in [0.4, 0.5) is 10.2 Å². The summed E-state index contributed by atoms with van der Waals surface area (Å²) in [6, 6.07) is 15.8. The van der Waals surface area contributed by atoms with Crippen molar-refractivity contribution in [3.63, 3.8) is 0 Å². The van der Waals surface area contributed by atoms with Crippen molar-refractivity contribution in [3.05, 3.63) is 77.2 Å². The van der Waals surface area contributed by atoms with Crippen LogP contribution in [-0.4, -0.2) is 42.5 Å². The number of likely N-dealkylation sites (N-methyl/N-ethyl adjacent to an activating group) is 1. The fourth-order valence-corrected chi connectivity index (χ4v) is 4.23. The van der Waals surface area contributed by atoms with Gasteiger partial charge in [0.25, 0.3) is 0 Å². The predicted octanol–water partition coefficient (Wildman–Crippen LogP) is 4.45. The summed E-state index contributed by atoms with van der Waals surface area (Å²) >= 11 is 0. The normalized spacial score (nSPS) is 13.7. The quantitative estimate of drug-likeness (QED) is 0.306. The highest BCUT2D eigenvalue weighted by molar-refractivity contribution is 5.81. The Balaban J connectivity index is 1.64. The van der Waals surface area contributed by atoms with E-state index < -0.39 is 5.95 Å². The van der Waals surface area contributed by atoms with E-state index in [-0.39, 0.29) is 5.82 Å². The number of carbonyl (C=O) groups excluding carboxylic acids is 1. The summed E-state index contributed by atoms with van der Waals surface area (Å²) in [5, 5.41) is 2.69. The number of anilines is 1. The average molecular weight is 445 g/mol. The Morgan fingerprint density at radius 3 is 2.52 bits per heavy atom. The molecule has 1 aliphatic heterocycles. The molecule has 170 valence electrons. The molecular formula is C27H29FN4O. The number of hydrogen-bond donors (Lipinski definition) is 2. The van der Waals surface area contributed by atoms with E-state index in [4.69, 9.17) is 5.73 Å². The second-order valence-corrected chi connectivity index (χ2v) is 8.36. The highest BCUT2D eigenvalue weighted by Gasteiger charge is 2.16. The molecule has 2 heterocycles. The topological polar surface area (TPSA) is 71.2 Å². The van der Waals surface area contributed by atoms with E-state index in [9.17, 15) is 9.18 Å². The van der Waals surface area contributed by atoms with Gasteiger partial charge in [0.15, 0.2) is 0 Å². The first-order chi connectivity index (χ1) is 16.0. The fraction of sp³-hybridized carbons (Fsp3) is 0.259. The minimum atomic E-state index is -0.580. The van der Waals surface area contributed by atoms with Crippen LogP contribution in [0.15, 0.2) is 54.6 Å². The smallest absolute Gasteiger partial charge is 0.222 e. The van der Waals surface area contributed by atoms with E-state index in [1.165, 1.54) is 5.57 Å². The highest BCUT2D eigenvalue weighted by atomic mass is 19.1. The standard InChI is InChI=1S/C27H29FN4O/c1-3-32-13-11-23(16-32)19-6-8-20(9-7-19)24-15-25(27(29)31-26(24)28)22-5-4-18(2)21(14-22)10-12-30-17-33/h4-9,11,14-15,17H,3,10,12-13,16H2,1-2H3,(H2,29,31)(H,30,33). The van der Waals surface area contributed by atoms with Gasteiger partial charge in [-0.15, -0.1) is 0 Å². The van der Waals surface area contributed by atoms with Gasteiger partial charge < -0.3 is 11.1 Å². The number of aromatic nitrogens is 1. The summed E-state index contributed by atoms with van der Waals surface area (Å²) in [7, 11) is 0. The molecule has 0 bridgehead atoms. The molecule has 0 spiro atoms. The van der Waals surface area contributed by atoms with Gasteiger partial charge in [-0.1, -0.05) is 55.5 Å². The van der Waals surface area contributed by atoms with Crippen molar-refractivity contribution in [2.45, 2.75) is 20.3 Å². The minimum Gasteiger partial charge on any atom is -0.383 e. The van der Waals surface area contributed by atoms with Gasteiger partial charge in [0.1, 0.15) is 5.82 Å². The Bertz CT molecular complexity index is 1190. The van der Waals surface area contributed by atoms with Crippen LogP contribution in [0.5, 0.6) is 0 Å². The van der Waals surface area contributed by atoms with Gasteiger partial charge >= 0.3 is 0 Å². The van der Waals surface area contributed by atoms with Gasteiger partial charge in [-0.05, 0) is 59.3 Å². The number of nitrogens with one attached hydrogen (secondary N) is 1. The zero-order valence-corrected chi connectivity index (χ0v) is 19.1. The van der Waals surface area contributed by atoms with Crippen LogP contribution in [0, 0.1) is 12.9 Å². The molecule has 2 aromatic carbocycles. The molecular weight excluding hydrogens is 415 g/mol. The van der Waals surface area contributed by atoms with Crippen molar-refractivity contribution < 1.29 is 9.18 Å². The lowest BCUT2D eigenvalue weighted by molar-refractivity contribution is -0.109. The fourth-order valence-electron chi connectivity index (χ4n) is 4.23. The van der Waals surface area contributed by atoms with Crippen molar-refractivity contribution >= 4 is 17.8 Å². The Labute approximate surface area is 194 Å². The SMILES string of the molecule is CCN1CC=C(c2ccc(-c3cc(-c4ccc(C)c(CCNC=O)c4)c(N)nc3F)cc2)C1. The Kier molecular flexibility index (Phi) is 6.84. The lowest BCUT2D eigenvalue weighted by atomic mass is 9.95. The molecule has 0 atom stereocenters. The molecule has 0 saturated carbocycles. The summed E-state index contributed by atoms with van der Waals surface area (Å²) in [4.78, 5) is 16.9. The summed E-state index contributed by atoms with van der Waals surface area (Å²) in [6.07, 6.45) is 3.65. The number of rotatable bonds is 8. The zero-order valence-electron chi connectivity index (χ0n) is 19.1. The Morgan fingerprint density at radius 1 is 1.09 bits per heavy atom. The molecule has 0 fully saturated rings. The molecule has 4 rings (SSSR count). The summed E-state index contributed by atoms with van der Waals surface area (Å²) < 4.78 is 14.8. The van der Waals surface area contributed by atoms with Crippen molar-refractivity contribution in [2.75, 3.05) is 31.9 Å². The number of nitrogens with two attached hydrogens (primary N) is 1. The first kappa shape index (κ1) is 22.7. The van der Waals surface area contributed by atoms with Crippen LogP contribution < -0.4 is 11.1 Å². The van der Waals surface area contributed by atoms with E-state index in [2.05, 4.69) is 28.2 Å². The molecule has 0 unspecified atom stereocenters. The molecule has 0 saturated heterocycles. The predicted molar refractivity (Wildman–Crippen MR) is 132 cm³/mol. The van der Waals surface area contributed by atoms with Crippen LogP contribution in [0.1, 0.15) is 23.6 Å². The number of halogens is 1. The highest BCUT2D eigenvalue weighted by Crippen LogP contribution is 2.33. The molecule has 1 aliphatic rings. The summed E-state index contributed by atoms with van der Waals surface area (Å²) in [5.41, 5.74) is 13.6. The molecule has 3 N–H and O–H groups in total. The number of aryl methyl sites for hydroxylation is 1. The molecule has 1 aromatic heterocycles. The second kappa shape index (κ2) is 9.96. The van der Waals surface area contributed by atoms with Gasteiger partial charge in [0, 0.05) is 30.8 Å². The van der Waals surface area contributed by atoms with E-state index in [0.29, 0.717) is 30.5 Å². The minimum absolute atomic E-state index is 0.157. The van der Waals surface area contributed by atoms with Crippen molar-refractivity contribution in [2.24, 2.45) is 0 Å². The number of hydrogen-bond acceptors (Lipinski definition) is 4. The van der Waals surface area contributed by atoms with Gasteiger partial charge in [-0.25, -0.2) is 4.98 Å². The molecule has 6 heteroatoms. The Hall–Kier alpha value is -3.51. The van der Waals surface area contributed by atoms with E-state index in [1.54, 1.807) is 6.07 Å². The zero-order chi connectivity index (χ0) is 23.4. The average Bonchev–Trinajstić information content (AvgIpc) is 3.30. The maximum absolute atomic E-state index is 14.8. The van der Waals surface area contributed by atoms with Crippen LogP contribution in [0.3, 0.4) is 0 Å². The maximum Gasteiger partial charge on any atom is 0.222 e. The number of pyridine rings is 1. The summed E-state index contributed by atoms with van der Waals surface area (Å²) in [6.45, 7) is 7.67. The van der Waals surface area contributed by atoms with Gasteiger partial charge in [0.05, 0.1) is 0 Å². The summed E-state index contributed by atoms with van der Waals surface area (Å²) in [5.74, 6) is -0.423. The number of carbonyl (C=O) groups is 1. The van der Waals surface area contributed by atoms with Crippen LogP contribution >= 0.6 is 0 Å². The van der Waals surface area contributed by atoms with Crippen molar-refractivity contribution in [1.29, 1.82) is 0 Å². The molecule has 3 aromatic rings. The third kappa shape index (κ3) is 4.96. The monoisotopic (exact) mass is 444 g/mol. The van der Waals surface area contributed by atoms with Crippen molar-refractivity contribution in [1.82, 2.24) is 15.2 Å². The molecule has 1 amide bonds. The Morgan fingerprint density at radius 2 is 1.82 bits per heavy atom. The lowest BCUT2D eigenvalue weighted by Crippen LogP contribution is -2.19. The van der Waals surface area contributed by atoms with Gasteiger partial charge in [0.2, 0.25) is 12.4 Å². The number of nitrogens with zero attached hydrogens (tertiary/aromatic N) is 2. The van der Waals surface area contributed by atoms with Crippen LogP contribution in [0.25, 0.3) is 27.8 Å². The van der Waals surface area contributed by atoms with E-state index in [1.807, 2.05) is 49.4 Å².